The Morgan fingerprint density at radius 2 is 1.74 bits per heavy atom. The predicted molar refractivity (Wildman–Crippen MR) is 150 cm³/mol. The van der Waals surface area contributed by atoms with Crippen LogP contribution in [0.4, 0.5) is 0 Å². The number of imidazole rings is 1. The number of aromatic nitrogens is 2. The molecule has 3 aromatic carbocycles. The van der Waals surface area contributed by atoms with E-state index in [1.165, 1.54) is 6.92 Å². The first-order chi connectivity index (χ1) is 18.9. The van der Waals surface area contributed by atoms with Gasteiger partial charge in [-0.2, -0.15) is 0 Å². The van der Waals surface area contributed by atoms with E-state index in [0.29, 0.717) is 24.7 Å². The number of carbonyl (C=O) groups is 1. The molecule has 9 heteroatoms. The number of amides is 1. The number of rotatable bonds is 8. The molecule has 0 unspecified atom stereocenters. The van der Waals surface area contributed by atoms with Crippen LogP contribution in [0.2, 0.25) is 10.3 Å². The minimum absolute atomic E-state index is 0.0150. The van der Waals surface area contributed by atoms with E-state index in [2.05, 4.69) is 22.4 Å². The third-order valence-electron chi connectivity index (χ3n) is 6.71. The van der Waals surface area contributed by atoms with E-state index in [-0.39, 0.29) is 29.9 Å². The molecule has 1 aliphatic heterocycles. The van der Waals surface area contributed by atoms with Crippen molar-refractivity contribution in [3.63, 3.8) is 0 Å². The maximum atomic E-state index is 11.3. The van der Waals surface area contributed by atoms with E-state index in [0.717, 1.165) is 33.4 Å². The van der Waals surface area contributed by atoms with Crippen LogP contribution in [0.5, 0.6) is 0 Å². The van der Waals surface area contributed by atoms with Gasteiger partial charge in [-0.05, 0) is 39.9 Å². The number of aliphatic hydroxyl groups is 1. The Labute approximate surface area is 237 Å². The van der Waals surface area contributed by atoms with Crippen molar-refractivity contribution in [2.75, 3.05) is 0 Å². The first-order valence-electron chi connectivity index (χ1n) is 12.7. The Morgan fingerprint density at radius 3 is 2.44 bits per heavy atom. The van der Waals surface area contributed by atoms with E-state index >= 15 is 0 Å². The van der Waals surface area contributed by atoms with Gasteiger partial charge >= 0.3 is 0 Å². The molecule has 5 rings (SSSR count). The summed E-state index contributed by atoms with van der Waals surface area (Å²) in [6.07, 6.45) is 1.14. The van der Waals surface area contributed by atoms with Crippen molar-refractivity contribution in [2.45, 2.75) is 51.5 Å². The molecule has 1 saturated heterocycles. The smallest absolute Gasteiger partial charge is 0.217 e. The van der Waals surface area contributed by atoms with Crippen LogP contribution in [0.3, 0.4) is 0 Å². The fourth-order valence-electron chi connectivity index (χ4n) is 4.67. The molecule has 2 N–H and O–H groups in total. The second-order valence-electron chi connectivity index (χ2n) is 9.56. The van der Waals surface area contributed by atoms with Crippen LogP contribution >= 0.6 is 23.2 Å². The molecule has 0 radical (unpaired) electrons. The lowest BCUT2D eigenvalue weighted by molar-refractivity contribution is -0.252. The zero-order chi connectivity index (χ0) is 27.4. The first kappa shape index (κ1) is 27.4. The van der Waals surface area contributed by atoms with Gasteiger partial charge in [0.2, 0.25) is 5.91 Å². The Morgan fingerprint density at radius 1 is 1.00 bits per heavy atom. The summed E-state index contributed by atoms with van der Waals surface area (Å²) in [4.78, 5) is 15.4. The molecule has 39 heavy (non-hydrogen) atoms. The summed E-state index contributed by atoms with van der Waals surface area (Å²) in [5.74, 6) is -0.0663. The molecule has 0 aliphatic carbocycles. The highest BCUT2D eigenvalue weighted by Crippen LogP contribution is 2.39. The van der Waals surface area contributed by atoms with Gasteiger partial charge in [-0.1, -0.05) is 83.9 Å². The van der Waals surface area contributed by atoms with Crippen molar-refractivity contribution in [3.8, 4) is 11.1 Å². The van der Waals surface area contributed by atoms with E-state index < -0.39 is 6.29 Å². The Hall–Kier alpha value is -3.20. The maximum Gasteiger partial charge on any atom is 0.217 e. The standard InChI is InChI=1S/C30H29Cl2N3O4/c1-19(37)33-15-21-4-2-5-23(12-21)24-6-3-7-25(13-24)30-38-26(16-35-18-34-28(31)29(35)32)14-27(39-30)22-10-8-20(17-36)9-11-22/h2-13,18,26-27,30,36H,14-17H2,1H3,(H,33,37)/t26-,27+,30+/m1/s1. The second kappa shape index (κ2) is 12.3. The van der Waals surface area contributed by atoms with Gasteiger partial charge in [0, 0.05) is 25.5 Å². The maximum absolute atomic E-state index is 11.3. The van der Waals surface area contributed by atoms with Crippen molar-refractivity contribution < 1.29 is 19.4 Å². The Balaban J connectivity index is 1.42. The molecular weight excluding hydrogens is 537 g/mol. The number of hydrogen-bond acceptors (Lipinski definition) is 5. The molecular formula is C30H29Cl2N3O4. The van der Waals surface area contributed by atoms with Gasteiger partial charge in [0.15, 0.2) is 11.4 Å². The number of halogens is 2. The van der Waals surface area contributed by atoms with Gasteiger partial charge < -0.3 is 24.5 Å². The molecule has 1 amide bonds. The molecule has 202 valence electrons. The fraction of sp³-hybridized carbons (Fsp3) is 0.267. The summed E-state index contributed by atoms with van der Waals surface area (Å²) in [5, 5.41) is 12.9. The summed E-state index contributed by atoms with van der Waals surface area (Å²) in [5.41, 5.74) is 5.79. The lowest BCUT2D eigenvalue weighted by atomic mass is 9.98. The summed E-state index contributed by atoms with van der Waals surface area (Å²) >= 11 is 12.4. The molecule has 1 aromatic heterocycles. The normalized spacial score (nSPS) is 19.1. The van der Waals surface area contributed by atoms with Crippen molar-refractivity contribution in [2.24, 2.45) is 0 Å². The third kappa shape index (κ3) is 6.69. The van der Waals surface area contributed by atoms with Crippen molar-refractivity contribution >= 4 is 29.1 Å². The van der Waals surface area contributed by atoms with Crippen LogP contribution in [0.25, 0.3) is 11.1 Å². The average molecular weight is 566 g/mol. The zero-order valence-corrected chi connectivity index (χ0v) is 22.9. The van der Waals surface area contributed by atoms with Gasteiger partial charge in [0.05, 0.1) is 31.7 Å². The highest BCUT2D eigenvalue weighted by molar-refractivity contribution is 6.40. The van der Waals surface area contributed by atoms with Crippen LogP contribution in [0.15, 0.2) is 79.1 Å². The van der Waals surface area contributed by atoms with Crippen molar-refractivity contribution in [1.29, 1.82) is 0 Å². The van der Waals surface area contributed by atoms with Gasteiger partial charge in [-0.25, -0.2) is 4.98 Å². The molecule has 7 nitrogen and oxygen atoms in total. The predicted octanol–water partition coefficient (Wildman–Crippen LogP) is 6.23. The van der Waals surface area contributed by atoms with Crippen LogP contribution < -0.4 is 5.32 Å². The second-order valence-corrected chi connectivity index (χ2v) is 10.3. The lowest BCUT2D eigenvalue weighted by Gasteiger charge is -2.36. The lowest BCUT2D eigenvalue weighted by Crippen LogP contribution is -2.32. The third-order valence-corrected chi connectivity index (χ3v) is 7.48. The minimum atomic E-state index is -0.619. The van der Waals surface area contributed by atoms with Crippen molar-refractivity contribution in [3.05, 3.63) is 112 Å². The van der Waals surface area contributed by atoms with Gasteiger partial charge in [-0.3, -0.25) is 4.79 Å². The topological polar surface area (TPSA) is 85.6 Å². The number of ether oxygens (including phenoxy) is 2. The SMILES string of the molecule is CC(=O)NCc1cccc(-c2cccc([C@H]3O[C@@H](Cn4cnc(Cl)c4Cl)C[C@@H](c4ccc(CO)cc4)O3)c2)c1. The molecule has 4 aromatic rings. The van der Waals surface area contributed by atoms with E-state index in [4.69, 9.17) is 32.7 Å². The van der Waals surface area contributed by atoms with Gasteiger partial charge in [0.25, 0.3) is 0 Å². The molecule has 1 fully saturated rings. The summed E-state index contributed by atoms with van der Waals surface area (Å²) < 4.78 is 14.7. The minimum Gasteiger partial charge on any atom is -0.392 e. The molecule has 0 spiro atoms. The van der Waals surface area contributed by atoms with Crippen molar-refractivity contribution in [1.82, 2.24) is 14.9 Å². The van der Waals surface area contributed by atoms with E-state index in [1.54, 1.807) is 10.9 Å². The number of aliphatic hydroxyl groups excluding tert-OH is 1. The number of nitrogens with zero attached hydrogens (tertiary/aromatic N) is 2. The number of carbonyl (C=O) groups excluding carboxylic acids is 1. The molecule has 3 atom stereocenters. The highest BCUT2D eigenvalue weighted by atomic mass is 35.5. The first-order valence-corrected chi connectivity index (χ1v) is 13.5. The quantitative estimate of drug-likeness (QED) is 0.264. The molecule has 2 heterocycles. The largest absolute Gasteiger partial charge is 0.392 e. The molecule has 0 saturated carbocycles. The van der Waals surface area contributed by atoms with Crippen LogP contribution in [0.1, 0.15) is 48.0 Å². The monoisotopic (exact) mass is 565 g/mol. The van der Waals surface area contributed by atoms with E-state index in [1.807, 2.05) is 60.7 Å². The van der Waals surface area contributed by atoms with Gasteiger partial charge in [0.1, 0.15) is 5.15 Å². The number of nitrogens with one attached hydrogen (secondary N) is 1. The van der Waals surface area contributed by atoms with Gasteiger partial charge in [-0.15, -0.1) is 0 Å². The summed E-state index contributed by atoms with van der Waals surface area (Å²) in [7, 11) is 0. The fourth-order valence-corrected chi connectivity index (χ4v) is 4.99. The van der Waals surface area contributed by atoms with E-state index in [9.17, 15) is 9.90 Å². The molecule has 1 aliphatic rings. The zero-order valence-electron chi connectivity index (χ0n) is 21.4. The van der Waals surface area contributed by atoms with Crippen LogP contribution in [0, 0.1) is 0 Å². The summed E-state index contributed by atoms with van der Waals surface area (Å²) in [6.45, 7) is 2.43. The Kier molecular flexibility index (Phi) is 8.65. The number of benzene rings is 3. The average Bonchev–Trinajstić information content (AvgIpc) is 3.28. The molecule has 0 bridgehead atoms. The Bertz CT molecular complexity index is 1440. The van der Waals surface area contributed by atoms with Crippen LogP contribution in [-0.4, -0.2) is 26.7 Å². The highest BCUT2D eigenvalue weighted by Gasteiger charge is 2.33. The van der Waals surface area contributed by atoms with Crippen LogP contribution in [-0.2, 0) is 34.0 Å². The summed E-state index contributed by atoms with van der Waals surface area (Å²) in [6, 6.07) is 23.9. The number of hydrogen-bond donors (Lipinski definition) is 2.